The maximum Gasteiger partial charge on any atom is 0.134 e. The lowest BCUT2D eigenvalue weighted by molar-refractivity contribution is 0.571. The van der Waals surface area contributed by atoms with Gasteiger partial charge in [0, 0.05) is 0 Å². The fourth-order valence-corrected chi connectivity index (χ4v) is 3.12. The van der Waals surface area contributed by atoms with Crippen LogP contribution in [-0.4, -0.2) is 5.84 Å². The van der Waals surface area contributed by atoms with Crippen LogP contribution in [0, 0.1) is 5.82 Å². The lowest BCUT2D eigenvalue weighted by Crippen LogP contribution is -2.25. The quantitative estimate of drug-likeness (QED) is 0.747. The smallest absolute Gasteiger partial charge is 0.134 e. The first kappa shape index (κ1) is 14.6. The van der Waals surface area contributed by atoms with Crippen LogP contribution in [0.25, 0.3) is 0 Å². The highest BCUT2D eigenvalue weighted by molar-refractivity contribution is 6.00. The Balaban J connectivity index is 1.77. The van der Waals surface area contributed by atoms with E-state index in [0.717, 1.165) is 11.1 Å². The summed E-state index contributed by atoms with van der Waals surface area (Å²) >= 11 is 0. The summed E-state index contributed by atoms with van der Waals surface area (Å²) < 4.78 is 14.2. The number of aliphatic imine (C=N–C) groups is 1. The van der Waals surface area contributed by atoms with Crippen molar-refractivity contribution < 1.29 is 4.39 Å². The fraction of sp³-hybridized carbons (Fsp3) is 0.0952. The van der Waals surface area contributed by atoms with Gasteiger partial charge in [-0.25, -0.2) is 4.39 Å². The van der Waals surface area contributed by atoms with Crippen molar-refractivity contribution in [2.45, 2.75) is 12.1 Å². The van der Waals surface area contributed by atoms with Gasteiger partial charge in [0.2, 0.25) is 0 Å². The van der Waals surface area contributed by atoms with Gasteiger partial charge >= 0.3 is 0 Å². The number of nitrogens with zero attached hydrogens (tertiary/aromatic N) is 1. The molecule has 0 saturated heterocycles. The molecule has 2 nitrogen and oxygen atoms in total. The molecule has 1 N–H and O–H groups in total. The third-order valence-corrected chi connectivity index (χ3v) is 4.30. The Hall–Kier alpha value is -2.94. The van der Waals surface area contributed by atoms with Crippen LogP contribution in [0.1, 0.15) is 28.8 Å². The normalized spacial score (nSPS) is 19.6. The number of hydrogen-bond acceptors (Lipinski definition) is 2. The molecule has 3 heteroatoms. The number of amidine groups is 1. The molecular formula is C21H17FN2. The molecule has 0 fully saturated rings. The van der Waals surface area contributed by atoms with Gasteiger partial charge in [-0.05, 0) is 23.3 Å². The molecule has 0 unspecified atom stereocenters. The molecule has 3 aromatic carbocycles. The maximum atomic E-state index is 14.2. The van der Waals surface area contributed by atoms with E-state index < -0.39 is 0 Å². The Bertz CT molecular complexity index is 859. The predicted octanol–water partition coefficient (Wildman–Crippen LogP) is 4.66. The van der Waals surface area contributed by atoms with Gasteiger partial charge in [0.15, 0.2) is 0 Å². The Labute approximate surface area is 140 Å². The molecule has 0 radical (unpaired) electrons. The minimum absolute atomic E-state index is 0.0109. The zero-order valence-electron chi connectivity index (χ0n) is 13.1. The van der Waals surface area contributed by atoms with Crippen molar-refractivity contribution in [2.24, 2.45) is 4.99 Å². The van der Waals surface area contributed by atoms with Gasteiger partial charge in [-0.15, -0.1) is 0 Å². The van der Waals surface area contributed by atoms with Crippen molar-refractivity contribution in [3.8, 4) is 0 Å². The Morgan fingerprint density at radius 2 is 1.29 bits per heavy atom. The van der Waals surface area contributed by atoms with Gasteiger partial charge in [0.05, 0.1) is 11.6 Å². The van der Waals surface area contributed by atoms with E-state index in [1.54, 1.807) is 12.1 Å². The first-order valence-corrected chi connectivity index (χ1v) is 8.02. The highest BCUT2D eigenvalue weighted by Gasteiger charge is 2.32. The molecule has 0 amide bonds. The number of benzene rings is 3. The molecule has 1 aliphatic heterocycles. The first-order valence-electron chi connectivity index (χ1n) is 8.02. The van der Waals surface area contributed by atoms with E-state index in [-0.39, 0.29) is 17.9 Å². The lowest BCUT2D eigenvalue weighted by Gasteiger charge is -2.19. The average Bonchev–Trinajstić information content (AvgIpc) is 3.09. The van der Waals surface area contributed by atoms with Crippen LogP contribution in [0.4, 0.5) is 4.39 Å². The van der Waals surface area contributed by atoms with Crippen molar-refractivity contribution >= 4 is 5.84 Å². The van der Waals surface area contributed by atoms with E-state index in [4.69, 9.17) is 4.99 Å². The minimum atomic E-state index is -0.260. The van der Waals surface area contributed by atoms with Crippen molar-refractivity contribution in [3.05, 3.63) is 107 Å². The van der Waals surface area contributed by atoms with Gasteiger partial charge in [-0.3, -0.25) is 4.99 Å². The fourth-order valence-electron chi connectivity index (χ4n) is 3.12. The van der Waals surface area contributed by atoms with E-state index in [0.29, 0.717) is 11.4 Å². The highest BCUT2D eigenvalue weighted by Crippen LogP contribution is 2.37. The Morgan fingerprint density at radius 1 is 0.708 bits per heavy atom. The summed E-state index contributed by atoms with van der Waals surface area (Å²) in [6.45, 7) is 0. The lowest BCUT2D eigenvalue weighted by atomic mass is 9.95. The summed E-state index contributed by atoms with van der Waals surface area (Å²) in [6.07, 6.45) is 0. The van der Waals surface area contributed by atoms with Gasteiger partial charge in [0.1, 0.15) is 17.7 Å². The van der Waals surface area contributed by atoms with Crippen LogP contribution in [0.15, 0.2) is 89.9 Å². The zero-order valence-corrected chi connectivity index (χ0v) is 13.1. The molecule has 1 heterocycles. The Morgan fingerprint density at radius 3 is 1.96 bits per heavy atom. The molecule has 4 rings (SSSR count). The number of hydrogen-bond donors (Lipinski definition) is 1. The van der Waals surface area contributed by atoms with E-state index in [2.05, 4.69) is 29.6 Å². The molecular weight excluding hydrogens is 299 g/mol. The van der Waals surface area contributed by atoms with E-state index >= 15 is 0 Å². The predicted molar refractivity (Wildman–Crippen MR) is 94.4 cm³/mol. The van der Waals surface area contributed by atoms with Gasteiger partial charge in [-0.2, -0.15) is 0 Å². The van der Waals surface area contributed by atoms with Crippen molar-refractivity contribution in [1.82, 2.24) is 5.32 Å². The molecule has 0 aromatic heterocycles. The van der Waals surface area contributed by atoms with E-state index in [1.807, 2.05) is 42.5 Å². The monoisotopic (exact) mass is 316 g/mol. The highest BCUT2D eigenvalue weighted by atomic mass is 19.1. The molecule has 24 heavy (non-hydrogen) atoms. The molecule has 0 bridgehead atoms. The first-order chi connectivity index (χ1) is 11.8. The minimum Gasteiger partial charge on any atom is -0.360 e. The summed E-state index contributed by atoms with van der Waals surface area (Å²) in [5, 5.41) is 3.42. The second kappa shape index (κ2) is 6.28. The summed E-state index contributed by atoms with van der Waals surface area (Å²) in [5.74, 6) is 0.347. The summed E-state index contributed by atoms with van der Waals surface area (Å²) in [7, 11) is 0. The van der Waals surface area contributed by atoms with Crippen LogP contribution in [0.2, 0.25) is 0 Å². The molecule has 2 atom stereocenters. The number of rotatable bonds is 3. The average molecular weight is 316 g/mol. The van der Waals surface area contributed by atoms with Crippen molar-refractivity contribution in [1.29, 1.82) is 0 Å². The summed E-state index contributed by atoms with van der Waals surface area (Å²) in [4.78, 5) is 4.81. The van der Waals surface area contributed by atoms with Crippen molar-refractivity contribution in [3.63, 3.8) is 0 Å². The molecule has 0 saturated carbocycles. The molecule has 1 aliphatic rings. The van der Waals surface area contributed by atoms with Gasteiger partial charge in [0.25, 0.3) is 0 Å². The van der Waals surface area contributed by atoms with Crippen LogP contribution >= 0.6 is 0 Å². The SMILES string of the molecule is Fc1ccccc1C1=N[C@@H](c2ccccc2)[C@H](c2ccccc2)N1. The maximum absolute atomic E-state index is 14.2. The van der Waals surface area contributed by atoms with Crippen LogP contribution in [0.3, 0.4) is 0 Å². The summed E-state index contributed by atoms with van der Waals surface area (Å²) in [5.41, 5.74) is 2.77. The third-order valence-electron chi connectivity index (χ3n) is 4.30. The zero-order chi connectivity index (χ0) is 16.4. The second-order valence-electron chi connectivity index (χ2n) is 5.85. The van der Waals surface area contributed by atoms with E-state index in [9.17, 15) is 4.39 Å². The largest absolute Gasteiger partial charge is 0.360 e. The van der Waals surface area contributed by atoms with Gasteiger partial charge < -0.3 is 5.32 Å². The third kappa shape index (κ3) is 2.69. The van der Waals surface area contributed by atoms with Crippen LogP contribution in [-0.2, 0) is 0 Å². The molecule has 118 valence electrons. The molecule has 3 aromatic rings. The van der Waals surface area contributed by atoms with Gasteiger partial charge in [-0.1, -0.05) is 72.8 Å². The number of nitrogens with one attached hydrogen (secondary N) is 1. The van der Waals surface area contributed by atoms with Crippen molar-refractivity contribution in [2.75, 3.05) is 0 Å². The Kier molecular flexibility index (Phi) is 3.83. The second-order valence-corrected chi connectivity index (χ2v) is 5.85. The van der Waals surface area contributed by atoms with E-state index in [1.165, 1.54) is 6.07 Å². The van der Waals surface area contributed by atoms with Crippen LogP contribution in [0.5, 0.6) is 0 Å². The standard InChI is InChI=1S/C21H17FN2/c22-18-14-8-7-13-17(18)21-23-19(15-9-3-1-4-10-15)20(24-21)16-11-5-2-6-12-16/h1-14,19-20H,(H,23,24)/t19-,20-/m0/s1. The number of halogens is 1. The summed E-state index contributed by atoms with van der Waals surface area (Å²) in [6, 6.07) is 27.0. The topological polar surface area (TPSA) is 24.4 Å². The van der Waals surface area contributed by atoms with Crippen LogP contribution < -0.4 is 5.32 Å². The molecule has 0 spiro atoms. The molecule has 0 aliphatic carbocycles.